The SMILES string of the molecule is COC(=O)NC(=N)c1ccc(-c2ccc(C(=O)NC3CCC(C(=O)OC4CCN(C(=O)OCc5ccccc5)CC4)CC3)cc2)cc1. The third-order valence-electron chi connectivity index (χ3n) is 8.65. The van der Waals surface area contributed by atoms with E-state index in [1.807, 2.05) is 54.6 Å². The highest BCUT2D eigenvalue weighted by molar-refractivity contribution is 6.04. The molecule has 0 atom stereocenters. The number of hydrogen-bond acceptors (Lipinski definition) is 8. The molecule has 1 saturated carbocycles. The quantitative estimate of drug-likeness (QED) is 0.124. The number of rotatable bonds is 8. The number of amides is 3. The Hall–Kier alpha value is -5.19. The molecule has 2 fully saturated rings. The minimum absolute atomic E-state index is 0.0159. The number of likely N-dealkylation sites (tertiary alicyclic amines) is 1. The molecule has 1 saturated heterocycles. The second-order valence-corrected chi connectivity index (χ2v) is 11.8. The highest BCUT2D eigenvalue weighted by atomic mass is 16.6. The van der Waals surface area contributed by atoms with E-state index in [9.17, 15) is 19.2 Å². The summed E-state index contributed by atoms with van der Waals surface area (Å²) in [6.45, 7) is 1.20. The van der Waals surface area contributed by atoms with Gasteiger partial charge in [-0.2, -0.15) is 0 Å². The fourth-order valence-electron chi connectivity index (χ4n) is 5.84. The van der Waals surface area contributed by atoms with E-state index in [1.54, 1.807) is 29.2 Å². The van der Waals surface area contributed by atoms with Gasteiger partial charge in [0.2, 0.25) is 0 Å². The summed E-state index contributed by atoms with van der Waals surface area (Å²) >= 11 is 0. The average Bonchev–Trinajstić information content (AvgIpc) is 3.11. The Morgan fingerprint density at radius 3 is 1.98 bits per heavy atom. The van der Waals surface area contributed by atoms with Gasteiger partial charge >= 0.3 is 18.2 Å². The molecule has 1 heterocycles. The summed E-state index contributed by atoms with van der Waals surface area (Å²) in [5.74, 6) is -0.602. The van der Waals surface area contributed by atoms with Crippen molar-refractivity contribution >= 4 is 29.9 Å². The maximum absolute atomic E-state index is 13.0. The van der Waals surface area contributed by atoms with Crippen molar-refractivity contribution in [1.82, 2.24) is 15.5 Å². The summed E-state index contributed by atoms with van der Waals surface area (Å²) in [5, 5.41) is 13.4. The van der Waals surface area contributed by atoms with E-state index in [0.717, 1.165) is 16.7 Å². The molecule has 3 aromatic rings. The maximum atomic E-state index is 13.0. The number of carbonyl (C=O) groups excluding carboxylic acids is 4. The van der Waals surface area contributed by atoms with Crippen LogP contribution in [-0.4, -0.2) is 67.1 Å². The molecule has 2 aliphatic rings. The van der Waals surface area contributed by atoms with Gasteiger partial charge in [-0.1, -0.05) is 66.7 Å². The molecule has 3 aromatic carbocycles. The number of amidine groups is 1. The number of carbonyl (C=O) groups is 4. The number of benzene rings is 3. The molecule has 0 aromatic heterocycles. The monoisotopic (exact) mass is 640 g/mol. The lowest BCUT2D eigenvalue weighted by Gasteiger charge is -2.33. The number of methoxy groups -OCH3 is 1. The molecule has 246 valence electrons. The minimum atomic E-state index is -0.701. The van der Waals surface area contributed by atoms with Gasteiger partial charge in [0, 0.05) is 43.1 Å². The maximum Gasteiger partial charge on any atom is 0.412 e. The Morgan fingerprint density at radius 2 is 1.38 bits per heavy atom. The van der Waals surface area contributed by atoms with Gasteiger partial charge in [-0.3, -0.25) is 20.3 Å². The van der Waals surface area contributed by atoms with Crippen LogP contribution in [0, 0.1) is 11.3 Å². The van der Waals surface area contributed by atoms with Gasteiger partial charge in [-0.15, -0.1) is 0 Å². The Labute approximate surface area is 274 Å². The Morgan fingerprint density at radius 1 is 0.787 bits per heavy atom. The first-order chi connectivity index (χ1) is 22.8. The molecule has 0 unspecified atom stereocenters. The summed E-state index contributed by atoms with van der Waals surface area (Å²) in [5.41, 5.74) is 3.84. The van der Waals surface area contributed by atoms with Gasteiger partial charge in [-0.25, -0.2) is 9.59 Å². The normalized spacial score (nSPS) is 18.0. The van der Waals surface area contributed by atoms with E-state index in [4.69, 9.17) is 14.9 Å². The summed E-state index contributed by atoms with van der Waals surface area (Å²) in [6, 6.07) is 24.0. The second kappa shape index (κ2) is 15.9. The van der Waals surface area contributed by atoms with E-state index in [0.29, 0.717) is 62.7 Å². The van der Waals surface area contributed by atoms with Gasteiger partial charge in [0.05, 0.1) is 13.0 Å². The number of nitrogens with one attached hydrogen (secondary N) is 3. The Bertz CT molecular complexity index is 1540. The van der Waals surface area contributed by atoms with Crippen molar-refractivity contribution in [1.29, 1.82) is 5.41 Å². The summed E-state index contributed by atoms with van der Waals surface area (Å²) in [7, 11) is 1.24. The molecule has 11 heteroatoms. The Balaban J connectivity index is 1.01. The molecular formula is C36H40N4O7. The van der Waals surface area contributed by atoms with Crippen LogP contribution in [0.2, 0.25) is 0 Å². The predicted octanol–water partition coefficient (Wildman–Crippen LogP) is 5.67. The number of nitrogens with zero attached hydrogens (tertiary/aromatic N) is 1. The molecule has 5 rings (SSSR count). The van der Waals surface area contributed by atoms with Crippen LogP contribution in [0.15, 0.2) is 78.9 Å². The van der Waals surface area contributed by atoms with Crippen LogP contribution in [0.4, 0.5) is 9.59 Å². The minimum Gasteiger partial charge on any atom is -0.462 e. The number of esters is 1. The standard InChI is InChI=1S/C36H40N4O7/c1-45-35(43)39-32(37)27-11-7-25(8-12-27)26-9-13-28(14-10-26)33(41)38-30-17-15-29(16-18-30)34(42)47-31-19-21-40(22-20-31)36(44)46-23-24-5-3-2-4-6-24/h2-14,29-31H,15-23H2,1H3,(H,38,41)(H2,37,39,43). The number of piperidine rings is 1. The fraction of sp³-hybridized carbons (Fsp3) is 0.361. The smallest absolute Gasteiger partial charge is 0.412 e. The highest BCUT2D eigenvalue weighted by Gasteiger charge is 2.32. The number of ether oxygens (including phenoxy) is 3. The zero-order chi connectivity index (χ0) is 33.2. The van der Waals surface area contributed by atoms with Crippen LogP contribution in [0.5, 0.6) is 0 Å². The van der Waals surface area contributed by atoms with Crippen LogP contribution >= 0.6 is 0 Å². The van der Waals surface area contributed by atoms with Crippen molar-refractivity contribution in [2.45, 2.75) is 57.3 Å². The first-order valence-electron chi connectivity index (χ1n) is 15.9. The lowest BCUT2D eigenvalue weighted by molar-refractivity contribution is -0.157. The lowest BCUT2D eigenvalue weighted by atomic mass is 9.86. The van der Waals surface area contributed by atoms with E-state index in [1.165, 1.54) is 7.11 Å². The topological polar surface area (TPSA) is 147 Å². The van der Waals surface area contributed by atoms with Crippen molar-refractivity contribution in [3.8, 4) is 11.1 Å². The van der Waals surface area contributed by atoms with Crippen molar-refractivity contribution < 1.29 is 33.4 Å². The van der Waals surface area contributed by atoms with Crippen LogP contribution in [-0.2, 0) is 25.6 Å². The molecule has 3 amide bonds. The van der Waals surface area contributed by atoms with Crippen molar-refractivity contribution in [3.05, 3.63) is 95.6 Å². The van der Waals surface area contributed by atoms with Crippen molar-refractivity contribution in [2.24, 2.45) is 5.92 Å². The highest BCUT2D eigenvalue weighted by Crippen LogP contribution is 2.28. The van der Waals surface area contributed by atoms with Crippen LogP contribution < -0.4 is 10.6 Å². The summed E-state index contributed by atoms with van der Waals surface area (Å²) in [6.07, 6.45) is 2.59. The van der Waals surface area contributed by atoms with Gasteiger partial charge in [0.25, 0.3) is 5.91 Å². The van der Waals surface area contributed by atoms with Gasteiger partial charge in [0.15, 0.2) is 0 Å². The van der Waals surface area contributed by atoms with Crippen LogP contribution in [0.25, 0.3) is 11.1 Å². The molecule has 11 nitrogen and oxygen atoms in total. The predicted molar refractivity (Wildman–Crippen MR) is 175 cm³/mol. The van der Waals surface area contributed by atoms with Crippen LogP contribution in [0.3, 0.4) is 0 Å². The largest absolute Gasteiger partial charge is 0.462 e. The zero-order valence-electron chi connectivity index (χ0n) is 26.4. The van der Waals surface area contributed by atoms with E-state index in [2.05, 4.69) is 15.4 Å². The number of alkyl carbamates (subject to hydrolysis) is 1. The van der Waals surface area contributed by atoms with E-state index < -0.39 is 6.09 Å². The Kier molecular flexibility index (Phi) is 11.2. The van der Waals surface area contributed by atoms with Crippen LogP contribution in [0.1, 0.15) is 60.0 Å². The zero-order valence-corrected chi connectivity index (χ0v) is 26.4. The van der Waals surface area contributed by atoms with Crippen molar-refractivity contribution in [3.63, 3.8) is 0 Å². The lowest BCUT2D eigenvalue weighted by Crippen LogP contribution is -2.43. The van der Waals surface area contributed by atoms with Gasteiger partial charge in [0.1, 0.15) is 18.5 Å². The van der Waals surface area contributed by atoms with Crippen molar-refractivity contribution in [2.75, 3.05) is 20.2 Å². The molecule has 3 N–H and O–H groups in total. The second-order valence-electron chi connectivity index (χ2n) is 11.8. The first-order valence-corrected chi connectivity index (χ1v) is 15.9. The van der Waals surface area contributed by atoms with Gasteiger partial charge < -0.3 is 24.4 Å². The van der Waals surface area contributed by atoms with E-state index in [-0.39, 0.29) is 48.5 Å². The summed E-state index contributed by atoms with van der Waals surface area (Å²) in [4.78, 5) is 51.3. The molecule has 1 aliphatic heterocycles. The van der Waals surface area contributed by atoms with E-state index >= 15 is 0 Å². The fourth-order valence-corrected chi connectivity index (χ4v) is 5.84. The third kappa shape index (κ3) is 9.18. The molecule has 47 heavy (non-hydrogen) atoms. The average molecular weight is 641 g/mol. The number of hydrogen-bond donors (Lipinski definition) is 3. The first kappa shape index (κ1) is 33.2. The van der Waals surface area contributed by atoms with Gasteiger partial charge in [-0.05, 0) is 54.5 Å². The molecule has 1 aliphatic carbocycles. The molecule has 0 bridgehead atoms. The molecular weight excluding hydrogens is 600 g/mol. The molecule has 0 radical (unpaired) electrons. The third-order valence-corrected chi connectivity index (χ3v) is 8.65. The molecule has 0 spiro atoms. The summed E-state index contributed by atoms with van der Waals surface area (Å²) < 4.78 is 15.8.